The van der Waals surface area contributed by atoms with Crippen molar-refractivity contribution in [2.45, 2.75) is 17.7 Å². The Bertz CT molecular complexity index is 1020. The Morgan fingerprint density at radius 2 is 1.66 bits per heavy atom. The number of morpholine rings is 1. The topological polar surface area (TPSA) is 83.1 Å². The molecule has 0 N–H and O–H groups in total. The molecule has 0 spiro atoms. The third-order valence-electron chi connectivity index (χ3n) is 5.83. The summed E-state index contributed by atoms with van der Waals surface area (Å²) < 4.78 is 32.1. The van der Waals surface area contributed by atoms with E-state index in [1.54, 1.807) is 12.1 Å². The maximum atomic E-state index is 12.7. The lowest BCUT2D eigenvalue weighted by atomic mass is 10.1. The molecule has 3 heterocycles. The minimum Gasteiger partial charge on any atom is -0.379 e. The van der Waals surface area contributed by atoms with Gasteiger partial charge in [0.15, 0.2) is 0 Å². The minimum absolute atomic E-state index is 0.138. The number of piperazine rings is 1. The molecule has 0 radical (unpaired) electrons. The van der Waals surface area contributed by atoms with E-state index in [-0.39, 0.29) is 10.8 Å². The third kappa shape index (κ3) is 5.40. The Labute approximate surface area is 193 Å². The van der Waals surface area contributed by atoms with E-state index < -0.39 is 10.0 Å². The van der Waals surface area contributed by atoms with Crippen LogP contribution in [0, 0.1) is 0 Å². The molecule has 2 fully saturated rings. The highest BCUT2D eigenvalue weighted by Crippen LogP contribution is 2.20. The minimum atomic E-state index is -3.55. The molecule has 8 nitrogen and oxygen atoms in total. The Kier molecular flexibility index (Phi) is 7.30. The Balaban J connectivity index is 1.29. The summed E-state index contributed by atoms with van der Waals surface area (Å²) in [5, 5.41) is 0.691. The smallest absolute Gasteiger partial charge is 0.244 e. The Hall–Kier alpha value is -2.20. The lowest BCUT2D eigenvalue weighted by Gasteiger charge is -2.35. The number of sulfonamides is 1. The molecule has 10 heteroatoms. The molecule has 32 heavy (non-hydrogen) atoms. The molecule has 2 aliphatic rings. The van der Waals surface area contributed by atoms with Crippen molar-refractivity contribution in [3.63, 3.8) is 0 Å². The fourth-order valence-electron chi connectivity index (χ4n) is 3.89. The number of benzene rings is 1. The Morgan fingerprint density at radius 1 is 0.969 bits per heavy atom. The van der Waals surface area contributed by atoms with Crippen LogP contribution < -0.4 is 4.90 Å². The predicted molar refractivity (Wildman–Crippen MR) is 122 cm³/mol. The monoisotopic (exact) mass is 478 g/mol. The maximum Gasteiger partial charge on any atom is 0.244 e. The van der Waals surface area contributed by atoms with Crippen LogP contribution >= 0.6 is 11.6 Å². The summed E-state index contributed by atoms with van der Waals surface area (Å²) in [5.41, 5.74) is 1.10. The molecule has 0 saturated carbocycles. The van der Waals surface area contributed by atoms with Gasteiger partial charge in [-0.25, -0.2) is 13.4 Å². The van der Waals surface area contributed by atoms with Crippen LogP contribution in [0.2, 0.25) is 5.02 Å². The van der Waals surface area contributed by atoms with Crippen molar-refractivity contribution >= 4 is 33.3 Å². The summed E-state index contributed by atoms with van der Waals surface area (Å²) in [6.07, 6.45) is 2.58. The number of rotatable bonds is 6. The van der Waals surface area contributed by atoms with E-state index in [2.05, 4.69) is 9.88 Å². The largest absolute Gasteiger partial charge is 0.379 e. The summed E-state index contributed by atoms with van der Waals surface area (Å²) in [6, 6.07) is 10.9. The van der Waals surface area contributed by atoms with Crippen molar-refractivity contribution in [1.29, 1.82) is 0 Å². The zero-order valence-corrected chi connectivity index (χ0v) is 19.4. The molecule has 2 aliphatic heterocycles. The molecule has 0 unspecified atom stereocenters. The molecule has 0 atom stereocenters. The first-order chi connectivity index (χ1) is 15.4. The van der Waals surface area contributed by atoms with Gasteiger partial charge < -0.3 is 14.5 Å². The van der Waals surface area contributed by atoms with Crippen molar-refractivity contribution in [1.82, 2.24) is 14.2 Å². The number of aromatic nitrogens is 1. The van der Waals surface area contributed by atoms with Gasteiger partial charge in [0.25, 0.3) is 0 Å². The summed E-state index contributed by atoms with van der Waals surface area (Å²) >= 11 is 5.91. The molecule has 4 rings (SSSR count). The van der Waals surface area contributed by atoms with Gasteiger partial charge in [-0.05, 0) is 36.2 Å². The lowest BCUT2D eigenvalue weighted by molar-refractivity contribution is -0.131. The standard InChI is InChI=1S/C22H27ClN4O4S/c23-19-4-1-18(2-5-19)3-8-22(28)26-11-9-25(10-12-26)21-7-6-20(17-24-21)32(29,30)27-13-15-31-16-14-27/h1-2,4-7,17H,3,8-16H2. The molecule has 0 aliphatic carbocycles. The zero-order chi connectivity index (χ0) is 22.6. The van der Waals surface area contributed by atoms with Gasteiger partial charge in [-0.3, -0.25) is 4.79 Å². The van der Waals surface area contributed by atoms with Crippen LogP contribution in [0.15, 0.2) is 47.5 Å². The molecular weight excluding hydrogens is 452 g/mol. The highest BCUT2D eigenvalue weighted by atomic mass is 35.5. The van der Waals surface area contributed by atoms with Gasteiger partial charge >= 0.3 is 0 Å². The Morgan fingerprint density at radius 3 is 2.28 bits per heavy atom. The van der Waals surface area contributed by atoms with Crippen molar-refractivity contribution in [3.8, 4) is 0 Å². The van der Waals surface area contributed by atoms with E-state index in [1.807, 2.05) is 29.2 Å². The molecular formula is C22H27ClN4O4S. The highest BCUT2D eigenvalue weighted by molar-refractivity contribution is 7.89. The van der Waals surface area contributed by atoms with Crippen LogP contribution in [-0.4, -0.2) is 81.0 Å². The fraction of sp³-hybridized carbons (Fsp3) is 0.455. The first-order valence-electron chi connectivity index (χ1n) is 10.7. The number of hydrogen-bond acceptors (Lipinski definition) is 6. The van der Waals surface area contributed by atoms with E-state index in [1.165, 1.54) is 10.5 Å². The van der Waals surface area contributed by atoms with Crippen molar-refractivity contribution in [2.24, 2.45) is 0 Å². The quantitative estimate of drug-likeness (QED) is 0.631. The summed E-state index contributed by atoms with van der Waals surface area (Å²) in [5.74, 6) is 0.860. The first-order valence-corrected chi connectivity index (χ1v) is 12.6. The van der Waals surface area contributed by atoms with Crippen LogP contribution in [0.5, 0.6) is 0 Å². The zero-order valence-electron chi connectivity index (χ0n) is 17.8. The summed E-state index contributed by atoms with van der Waals surface area (Å²) in [6.45, 7) is 4.10. The molecule has 2 saturated heterocycles. The van der Waals surface area contributed by atoms with Gasteiger partial charge in [-0.15, -0.1) is 0 Å². The average Bonchev–Trinajstić information content (AvgIpc) is 2.84. The lowest BCUT2D eigenvalue weighted by Crippen LogP contribution is -2.49. The number of pyridine rings is 1. The number of halogens is 1. The van der Waals surface area contributed by atoms with Gasteiger partial charge in [0, 0.05) is 56.9 Å². The number of carbonyl (C=O) groups excluding carboxylic acids is 1. The number of amides is 1. The molecule has 172 valence electrons. The average molecular weight is 479 g/mol. The van der Waals surface area contributed by atoms with Crippen LogP contribution in [0.4, 0.5) is 5.82 Å². The molecule has 1 aromatic heterocycles. The van der Waals surface area contributed by atoms with E-state index in [0.29, 0.717) is 70.3 Å². The molecule has 2 aromatic rings. The van der Waals surface area contributed by atoms with Gasteiger partial charge in [-0.1, -0.05) is 23.7 Å². The van der Waals surface area contributed by atoms with Gasteiger partial charge in [0.2, 0.25) is 15.9 Å². The number of nitrogens with zero attached hydrogens (tertiary/aromatic N) is 4. The summed E-state index contributed by atoms with van der Waals surface area (Å²) in [4.78, 5) is 21.1. The predicted octanol–water partition coefficient (Wildman–Crippen LogP) is 2.04. The molecule has 1 amide bonds. The van der Waals surface area contributed by atoms with Crippen LogP contribution in [0.25, 0.3) is 0 Å². The number of aryl methyl sites for hydroxylation is 1. The van der Waals surface area contributed by atoms with Gasteiger partial charge in [0.05, 0.1) is 13.2 Å². The SMILES string of the molecule is O=C(CCc1ccc(Cl)cc1)N1CCN(c2ccc(S(=O)(=O)N3CCOCC3)cn2)CC1. The number of hydrogen-bond donors (Lipinski definition) is 0. The van der Waals surface area contributed by atoms with Gasteiger partial charge in [-0.2, -0.15) is 4.31 Å². The van der Waals surface area contributed by atoms with E-state index in [4.69, 9.17) is 16.3 Å². The normalized spacial score (nSPS) is 18.0. The summed E-state index contributed by atoms with van der Waals surface area (Å²) in [7, 11) is -3.55. The molecule has 1 aromatic carbocycles. The van der Waals surface area contributed by atoms with Crippen LogP contribution in [0.3, 0.4) is 0 Å². The third-order valence-corrected chi connectivity index (χ3v) is 7.96. The van der Waals surface area contributed by atoms with Crippen molar-refractivity contribution in [2.75, 3.05) is 57.4 Å². The van der Waals surface area contributed by atoms with E-state index >= 15 is 0 Å². The second-order valence-electron chi connectivity index (χ2n) is 7.86. The highest BCUT2D eigenvalue weighted by Gasteiger charge is 2.27. The number of ether oxygens (including phenoxy) is 1. The van der Waals surface area contributed by atoms with E-state index in [0.717, 1.165) is 11.4 Å². The first kappa shape index (κ1) is 23.0. The van der Waals surface area contributed by atoms with Crippen LogP contribution in [-0.2, 0) is 26.0 Å². The second kappa shape index (κ2) is 10.2. The fourth-order valence-corrected chi connectivity index (χ4v) is 5.37. The number of anilines is 1. The second-order valence-corrected chi connectivity index (χ2v) is 10.2. The van der Waals surface area contributed by atoms with Gasteiger partial charge in [0.1, 0.15) is 10.7 Å². The van der Waals surface area contributed by atoms with Crippen molar-refractivity contribution < 1.29 is 17.9 Å². The number of carbonyl (C=O) groups is 1. The van der Waals surface area contributed by atoms with E-state index in [9.17, 15) is 13.2 Å². The van der Waals surface area contributed by atoms with Crippen molar-refractivity contribution in [3.05, 3.63) is 53.2 Å². The van der Waals surface area contributed by atoms with Crippen LogP contribution in [0.1, 0.15) is 12.0 Å². The molecule has 0 bridgehead atoms. The maximum absolute atomic E-state index is 12.7.